The number of rotatable bonds is 2. The quantitative estimate of drug-likeness (QED) is 0.786. The molecule has 0 aromatic carbocycles. The molecule has 6 nitrogen and oxygen atoms in total. The van der Waals surface area contributed by atoms with Crippen LogP contribution in [0.5, 0.6) is 0 Å². The smallest absolute Gasteiger partial charge is 0.292 e. The number of methoxy groups -OCH3 is 2. The van der Waals surface area contributed by atoms with Gasteiger partial charge in [-0.2, -0.15) is 10.5 Å². The molecule has 1 spiro atoms. The van der Waals surface area contributed by atoms with Crippen LogP contribution in [0.15, 0.2) is 4.99 Å². The van der Waals surface area contributed by atoms with Crippen molar-refractivity contribution in [3.05, 3.63) is 0 Å². The number of fused-ring (bicyclic) bond motifs is 3. The molecule has 2 aliphatic carbocycles. The topological polar surface area (TPSA) is 104 Å². The van der Waals surface area contributed by atoms with Gasteiger partial charge in [-0.05, 0) is 12.8 Å². The van der Waals surface area contributed by atoms with Crippen molar-refractivity contribution in [1.29, 1.82) is 10.5 Å². The minimum absolute atomic E-state index is 0.195. The molecule has 0 unspecified atom stereocenters. The molecule has 2 N–H and O–H groups in total. The average molecular weight is 302 g/mol. The van der Waals surface area contributed by atoms with Gasteiger partial charge in [-0.25, -0.2) is 4.99 Å². The Morgan fingerprint density at radius 1 is 1.00 bits per heavy atom. The first-order valence-corrected chi connectivity index (χ1v) is 7.86. The maximum Gasteiger partial charge on any atom is 0.292 e. The van der Waals surface area contributed by atoms with Gasteiger partial charge < -0.3 is 15.2 Å². The zero-order valence-electron chi connectivity index (χ0n) is 13.2. The van der Waals surface area contributed by atoms with Crippen LogP contribution in [0.25, 0.3) is 0 Å². The van der Waals surface area contributed by atoms with Gasteiger partial charge in [0.15, 0.2) is 5.41 Å². The third kappa shape index (κ3) is 1.22. The summed E-state index contributed by atoms with van der Waals surface area (Å²) in [5.41, 5.74) is 3.42. The molecular weight excluding hydrogens is 280 g/mol. The van der Waals surface area contributed by atoms with Crippen molar-refractivity contribution in [3.63, 3.8) is 0 Å². The van der Waals surface area contributed by atoms with Crippen LogP contribution in [0, 0.1) is 38.9 Å². The lowest BCUT2D eigenvalue weighted by molar-refractivity contribution is -0.237. The second-order valence-electron chi connectivity index (χ2n) is 6.56. The van der Waals surface area contributed by atoms with Gasteiger partial charge in [0.05, 0.1) is 12.1 Å². The van der Waals surface area contributed by atoms with E-state index >= 15 is 0 Å². The molecule has 1 aliphatic heterocycles. The normalized spacial score (nSPS) is 38.1. The summed E-state index contributed by atoms with van der Waals surface area (Å²) in [7, 11) is 2.92. The molecule has 118 valence electrons. The number of hydrogen-bond donors (Lipinski definition) is 1. The van der Waals surface area contributed by atoms with Gasteiger partial charge in [-0.15, -0.1) is 0 Å². The Bertz CT molecular complexity index is 590. The fourth-order valence-corrected chi connectivity index (χ4v) is 5.24. The molecule has 0 aromatic heterocycles. The minimum Gasteiger partial charge on any atom is -0.386 e. The molecule has 0 radical (unpaired) electrons. The molecule has 0 aromatic rings. The Morgan fingerprint density at radius 3 is 2.00 bits per heavy atom. The fourth-order valence-electron chi connectivity index (χ4n) is 5.24. The molecule has 0 amide bonds. The molecule has 3 aliphatic rings. The Labute approximate surface area is 130 Å². The third-order valence-electron chi connectivity index (χ3n) is 6.16. The molecule has 2 saturated carbocycles. The van der Waals surface area contributed by atoms with Crippen molar-refractivity contribution in [2.45, 2.75) is 50.9 Å². The Balaban J connectivity index is 2.20. The second-order valence-corrected chi connectivity index (χ2v) is 6.56. The lowest BCUT2D eigenvalue weighted by Gasteiger charge is -2.34. The van der Waals surface area contributed by atoms with E-state index in [-0.39, 0.29) is 5.84 Å². The first kappa shape index (κ1) is 15.3. The zero-order valence-corrected chi connectivity index (χ0v) is 13.2. The molecular formula is C16H22N4O2. The predicted molar refractivity (Wildman–Crippen MR) is 79.2 cm³/mol. The van der Waals surface area contributed by atoms with E-state index in [9.17, 15) is 10.5 Å². The van der Waals surface area contributed by atoms with Crippen molar-refractivity contribution in [2.75, 3.05) is 14.2 Å². The lowest BCUT2D eigenvalue weighted by Crippen LogP contribution is -2.44. The number of nitriles is 2. The van der Waals surface area contributed by atoms with E-state index in [1.165, 1.54) is 20.6 Å². The SMILES string of the molecule is COC1(OC)N=C(N)[C@]2(C#N)C3(CCCCCCC3)[C@]12C#N. The summed E-state index contributed by atoms with van der Waals surface area (Å²) in [6.07, 6.45) is 7.01. The van der Waals surface area contributed by atoms with E-state index in [0.717, 1.165) is 38.5 Å². The summed E-state index contributed by atoms with van der Waals surface area (Å²) >= 11 is 0. The Kier molecular flexibility index (Phi) is 3.25. The highest BCUT2D eigenvalue weighted by molar-refractivity contribution is 6.00. The average Bonchev–Trinajstić information content (AvgIpc) is 2.97. The van der Waals surface area contributed by atoms with Crippen LogP contribution in [0.4, 0.5) is 0 Å². The van der Waals surface area contributed by atoms with Gasteiger partial charge in [0, 0.05) is 19.6 Å². The number of nitrogens with two attached hydrogens (primary N) is 1. The summed E-state index contributed by atoms with van der Waals surface area (Å²) < 4.78 is 11.1. The van der Waals surface area contributed by atoms with Crippen LogP contribution in [-0.4, -0.2) is 26.0 Å². The molecule has 0 saturated heterocycles. The lowest BCUT2D eigenvalue weighted by atomic mass is 9.78. The monoisotopic (exact) mass is 302 g/mol. The minimum atomic E-state index is -1.47. The van der Waals surface area contributed by atoms with Crippen LogP contribution in [-0.2, 0) is 9.47 Å². The standard InChI is InChI=1S/C16H22N4O2/c1-21-16(22-2)15(11-18)13(8-6-4-3-5-7-9-13)14(15,10-17)12(19)20-16/h3-9H2,1-2H3,(H2,19,20)/t14-,15+/m1/s1. The third-order valence-corrected chi connectivity index (χ3v) is 6.16. The van der Waals surface area contributed by atoms with Crippen LogP contribution < -0.4 is 5.73 Å². The molecule has 2 fully saturated rings. The van der Waals surface area contributed by atoms with Gasteiger partial charge in [0.25, 0.3) is 5.91 Å². The maximum atomic E-state index is 10.1. The maximum absolute atomic E-state index is 10.1. The van der Waals surface area contributed by atoms with Gasteiger partial charge in [0.1, 0.15) is 11.3 Å². The summed E-state index contributed by atoms with van der Waals surface area (Å²) in [4.78, 5) is 4.28. The summed E-state index contributed by atoms with van der Waals surface area (Å²) in [5, 5.41) is 20.0. The number of hydrogen-bond acceptors (Lipinski definition) is 6. The van der Waals surface area contributed by atoms with Crippen molar-refractivity contribution in [3.8, 4) is 12.1 Å². The Morgan fingerprint density at radius 2 is 1.55 bits per heavy atom. The highest BCUT2D eigenvalue weighted by Gasteiger charge is 2.99. The van der Waals surface area contributed by atoms with E-state index < -0.39 is 22.2 Å². The number of ether oxygens (including phenoxy) is 2. The van der Waals surface area contributed by atoms with Gasteiger partial charge >= 0.3 is 0 Å². The fraction of sp³-hybridized carbons (Fsp3) is 0.812. The predicted octanol–water partition coefficient (Wildman–Crippen LogP) is 2.07. The van der Waals surface area contributed by atoms with Gasteiger partial charge in [-0.1, -0.05) is 32.1 Å². The van der Waals surface area contributed by atoms with E-state index in [1.807, 2.05) is 0 Å². The Hall–Kier alpha value is -1.63. The van der Waals surface area contributed by atoms with Crippen LogP contribution in [0.2, 0.25) is 0 Å². The second kappa shape index (κ2) is 4.68. The summed E-state index contributed by atoms with van der Waals surface area (Å²) in [6, 6.07) is 4.72. The molecule has 1 heterocycles. The van der Waals surface area contributed by atoms with E-state index in [1.54, 1.807) is 0 Å². The molecule has 22 heavy (non-hydrogen) atoms. The van der Waals surface area contributed by atoms with E-state index in [2.05, 4.69) is 17.1 Å². The van der Waals surface area contributed by atoms with Gasteiger partial charge in [0.2, 0.25) is 0 Å². The van der Waals surface area contributed by atoms with Crippen molar-refractivity contribution in [1.82, 2.24) is 0 Å². The van der Waals surface area contributed by atoms with Crippen LogP contribution in [0.1, 0.15) is 44.9 Å². The van der Waals surface area contributed by atoms with Crippen LogP contribution >= 0.6 is 0 Å². The van der Waals surface area contributed by atoms with E-state index in [0.29, 0.717) is 0 Å². The molecule has 3 rings (SSSR count). The number of nitrogens with zero attached hydrogens (tertiary/aromatic N) is 3. The number of amidine groups is 1. The zero-order chi connectivity index (χ0) is 16.1. The summed E-state index contributed by atoms with van der Waals surface area (Å²) in [5.74, 6) is -1.28. The molecule has 2 atom stereocenters. The number of aliphatic imine (C=N–C) groups is 1. The van der Waals surface area contributed by atoms with Crippen molar-refractivity contribution >= 4 is 5.84 Å². The van der Waals surface area contributed by atoms with Crippen LogP contribution in [0.3, 0.4) is 0 Å². The van der Waals surface area contributed by atoms with Crippen molar-refractivity contribution in [2.24, 2.45) is 27.0 Å². The highest BCUT2D eigenvalue weighted by Crippen LogP contribution is 2.88. The van der Waals surface area contributed by atoms with Crippen molar-refractivity contribution < 1.29 is 9.47 Å². The highest BCUT2D eigenvalue weighted by atomic mass is 16.7. The molecule has 6 heteroatoms. The van der Waals surface area contributed by atoms with Gasteiger partial charge in [-0.3, -0.25) is 0 Å². The first-order valence-electron chi connectivity index (χ1n) is 7.86. The largest absolute Gasteiger partial charge is 0.386 e. The summed E-state index contributed by atoms with van der Waals surface area (Å²) in [6.45, 7) is 0. The van der Waals surface area contributed by atoms with E-state index in [4.69, 9.17) is 15.2 Å². The first-order chi connectivity index (χ1) is 10.6. The molecule has 0 bridgehead atoms.